The van der Waals surface area contributed by atoms with Crippen LogP contribution in [0, 0.1) is 5.92 Å². The third-order valence-electron chi connectivity index (χ3n) is 5.26. The molecule has 0 unspecified atom stereocenters. The monoisotopic (exact) mass is 402 g/mol. The minimum absolute atomic E-state index is 0.000839. The van der Waals surface area contributed by atoms with Crippen LogP contribution >= 0.6 is 0 Å². The molecule has 1 aromatic rings. The van der Waals surface area contributed by atoms with Crippen molar-refractivity contribution in [2.75, 3.05) is 33.4 Å². The molecule has 1 N–H and O–H groups in total. The van der Waals surface area contributed by atoms with Gasteiger partial charge in [-0.15, -0.1) is 6.58 Å². The first kappa shape index (κ1) is 22.8. The minimum atomic E-state index is -0.0657. The first-order valence-corrected chi connectivity index (χ1v) is 10.5. The summed E-state index contributed by atoms with van der Waals surface area (Å²) < 4.78 is 11.1. The van der Waals surface area contributed by atoms with Gasteiger partial charge in [0.15, 0.2) is 18.1 Å². The van der Waals surface area contributed by atoms with Crippen molar-refractivity contribution in [1.82, 2.24) is 10.2 Å². The van der Waals surface area contributed by atoms with E-state index in [4.69, 9.17) is 9.47 Å². The number of hydrogen-bond acceptors (Lipinski definition) is 4. The molecule has 0 radical (unpaired) electrons. The molecule has 1 aliphatic rings. The van der Waals surface area contributed by atoms with Crippen LogP contribution in [-0.2, 0) is 16.0 Å². The Morgan fingerprint density at radius 1 is 1.24 bits per heavy atom. The van der Waals surface area contributed by atoms with Crippen LogP contribution in [0.5, 0.6) is 11.5 Å². The molecule has 1 fully saturated rings. The molecule has 160 valence electrons. The standard InChI is InChI=1S/C23H34N2O4/c1-4-6-7-13-24-23(27)19-11-14-25(15-12-19)22(26)17-29-20-10-9-18(8-5-2)16-21(20)28-3/h5,9-10,16,19H,2,4,6-8,11-15,17H2,1,3H3,(H,24,27). The largest absolute Gasteiger partial charge is 0.493 e. The third kappa shape index (κ3) is 7.11. The van der Waals surface area contributed by atoms with Gasteiger partial charge in [0.1, 0.15) is 0 Å². The number of methoxy groups -OCH3 is 1. The summed E-state index contributed by atoms with van der Waals surface area (Å²) in [5.41, 5.74) is 1.07. The van der Waals surface area contributed by atoms with Gasteiger partial charge in [0, 0.05) is 25.6 Å². The summed E-state index contributed by atoms with van der Waals surface area (Å²) in [5.74, 6) is 1.21. The molecule has 6 nitrogen and oxygen atoms in total. The number of unbranched alkanes of at least 4 members (excludes halogenated alkanes) is 2. The van der Waals surface area contributed by atoms with Gasteiger partial charge in [0.05, 0.1) is 7.11 Å². The summed E-state index contributed by atoms with van der Waals surface area (Å²) in [7, 11) is 1.58. The lowest BCUT2D eigenvalue weighted by Gasteiger charge is -2.31. The number of carbonyl (C=O) groups excluding carboxylic acids is 2. The van der Waals surface area contributed by atoms with Gasteiger partial charge < -0.3 is 19.7 Å². The molecular formula is C23H34N2O4. The van der Waals surface area contributed by atoms with E-state index in [1.165, 1.54) is 0 Å². The Kier molecular flexibility index (Phi) is 9.54. The maximum absolute atomic E-state index is 12.5. The van der Waals surface area contributed by atoms with E-state index in [-0.39, 0.29) is 24.3 Å². The van der Waals surface area contributed by atoms with Crippen molar-refractivity contribution in [3.63, 3.8) is 0 Å². The van der Waals surface area contributed by atoms with Crippen molar-refractivity contribution in [2.24, 2.45) is 5.92 Å². The lowest BCUT2D eigenvalue weighted by Crippen LogP contribution is -2.44. The lowest BCUT2D eigenvalue weighted by atomic mass is 9.96. The summed E-state index contributed by atoms with van der Waals surface area (Å²) >= 11 is 0. The highest BCUT2D eigenvalue weighted by atomic mass is 16.5. The Hall–Kier alpha value is -2.50. The van der Waals surface area contributed by atoms with Gasteiger partial charge in [-0.1, -0.05) is 31.9 Å². The summed E-state index contributed by atoms with van der Waals surface area (Å²) in [6.07, 6.45) is 7.27. The molecule has 0 aromatic heterocycles. The quantitative estimate of drug-likeness (QED) is 0.455. The second-order valence-corrected chi connectivity index (χ2v) is 7.42. The molecule has 2 amide bonds. The van der Waals surface area contributed by atoms with Crippen LogP contribution in [0.25, 0.3) is 0 Å². The topological polar surface area (TPSA) is 67.9 Å². The molecule has 6 heteroatoms. The Morgan fingerprint density at radius 3 is 2.66 bits per heavy atom. The summed E-state index contributed by atoms with van der Waals surface area (Å²) in [6, 6.07) is 5.65. The van der Waals surface area contributed by atoms with Crippen molar-refractivity contribution in [2.45, 2.75) is 45.4 Å². The number of ether oxygens (including phenoxy) is 2. The van der Waals surface area contributed by atoms with Crippen molar-refractivity contribution < 1.29 is 19.1 Å². The van der Waals surface area contributed by atoms with Crippen LogP contribution in [-0.4, -0.2) is 50.1 Å². The number of hydrogen-bond donors (Lipinski definition) is 1. The number of allylic oxidation sites excluding steroid dienone is 1. The zero-order valence-corrected chi connectivity index (χ0v) is 17.7. The average Bonchev–Trinajstić information content (AvgIpc) is 2.75. The third-order valence-corrected chi connectivity index (χ3v) is 5.26. The van der Waals surface area contributed by atoms with E-state index in [9.17, 15) is 9.59 Å². The molecule has 0 spiro atoms. The highest BCUT2D eigenvalue weighted by Gasteiger charge is 2.27. The average molecular weight is 403 g/mol. The first-order valence-electron chi connectivity index (χ1n) is 10.5. The summed E-state index contributed by atoms with van der Waals surface area (Å²) in [6.45, 7) is 7.76. The fourth-order valence-electron chi connectivity index (χ4n) is 3.48. The summed E-state index contributed by atoms with van der Waals surface area (Å²) in [4.78, 5) is 26.5. The number of carbonyl (C=O) groups is 2. The van der Waals surface area contributed by atoms with Gasteiger partial charge in [-0.3, -0.25) is 9.59 Å². The van der Waals surface area contributed by atoms with Crippen LogP contribution in [0.1, 0.15) is 44.6 Å². The summed E-state index contributed by atoms with van der Waals surface area (Å²) in [5, 5.41) is 3.02. The Labute approximate surface area is 174 Å². The van der Waals surface area contributed by atoms with Crippen LogP contribution < -0.4 is 14.8 Å². The minimum Gasteiger partial charge on any atom is -0.493 e. The van der Waals surface area contributed by atoms with E-state index < -0.39 is 0 Å². The fourth-order valence-corrected chi connectivity index (χ4v) is 3.48. The molecule has 0 aliphatic carbocycles. The highest BCUT2D eigenvalue weighted by Crippen LogP contribution is 2.28. The number of likely N-dealkylation sites (tertiary alicyclic amines) is 1. The van der Waals surface area contributed by atoms with Gasteiger partial charge in [0.2, 0.25) is 5.91 Å². The van der Waals surface area contributed by atoms with Crippen LogP contribution in [0.2, 0.25) is 0 Å². The maximum Gasteiger partial charge on any atom is 0.260 e. The van der Waals surface area contributed by atoms with Crippen LogP contribution in [0.3, 0.4) is 0 Å². The Morgan fingerprint density at radius 2 is 2.00 bits per heavy atom. The predicted octanol–water partition coefficient (Wildman–Crippen LogP) is 3.35. The maximum atomic E-state index is 12.5. The van der Waals surface area contributed by atoms with E-state index in [0.717, 1.165) is 37.8 Å². The van der Waals surface area contributed by atoms with Gasteiger partial charge in [-0.05, 0) is 43.4 Å². The predicted molar refractivity (Wildman–Crippen MR) is 114 cm³/mol. The molecule has 1 heterocycles. The van der Waals surface area contributed by atoms with Crippen molar-refractivity contribution in [1.29, 1.82) is 0 Å². The Balaban J connectivity index is 1.77. The SMILES string of the molecule is C=CCc1ccc(OCC(=O)N2CCC(C(=O)NCCCCC)CC2)c(OC)c1. The first-order chi connectivity index (χ1) is 14.1. The van der Waals surface area contributed by atoms with E-state index in [2.05, 4.69) is 18.8 Å². The second kappa shape index (κ2) is 12.1. The number of nitrogens with zero attached hydrogens (tertiary/aromatic N) is 1. The molecule has 29 heavy (non-hydrogen) atoms. The van der Waals surface area contributed by atoms with E-state index >= 15 is 0 Å². The van der Waals surface area contributed by atoms with E-state index in [1.54, 1.807) is 12.0 Å². The van der Waals surface area contributed by atoms with Gasteiger partial charge in [-0.2, -0.15) is 0 Å². The molecule has 0 saturated carbocycles. The number of piperidine rings is 1. The molecule has 1 saturated heterocycles. The molecule has 1 aliphatic heterocycles. The van der Waals surface area contributed by atoms with Crippen molar-refractivity contribution >= 4 is 11.8 Å². The lowest BCUT2D eigenvalue weighted by molar-refractivity contribution is -0.137. The van der Waals surface area contributed by atoms with Gasteiger partial charge in [-0.25, -0.2) is 0 Å². The zero-order valence-electron chi connectivity index (χ0n) is 17.7. The number of benzene rings is 1. The van der Waals surface area contributed by atoms with Gasteiger partial charge >= 0.3 is 0 Å². The number of amides is 2. The van der Waals surface area contributed by atoms with Crippen molar-refractivity contribution in [3.05, 3.63) is 36.4 Å². The normalized spacial score (nSPS) is 14.3. The number of nitrogens with one attached hydrogen (secondary N) is 1. The molecule has 1 aromatic carbocycles. The smallest absolute Gasteiger partial charge is 0.260 e. The number of rotatable bonds is 11. The highest BCUT2D eigenvalue weighted by molar-refractivity contribution is 5.80. The van der Waals surface area contributed by atoms with Crippen LogP contribution in [0.4, 0.5) is 0 Å². The molecule has 0 bridgehead atoms. The molecule has 2 rings (SSSR count). The zero-order chi connectivity index (χ0) is 21.1. The second-order valence-electron chi connectivity index (χ2n) is 7.42. The van der Waals surface area contributed by atoms with Crippen LogP contribution in [0.15, 0.2) is 30.9 Å². The molecular weight excluding hydrogens is 368 g/mol. The Bertz CT molecular complexity index is 681. The van der Waals surface area contributed by atoms with E-state index in [0.29, 0.717) is 37.4 Å². The van der Waals surface area contributed by atoms with Crippen molar-refractivity contribution in [3.8, 4) is 11.5 Å². The van der Waals surface area contributed by atoms with Gasteiger partial charge in [0.25, 0.3) is 5.91 Å². The fraction of sp³-hybridized carbons (Fsp3) is 0.565. The van der Waals surface area contributed by atoms with E-state index in [1.807, 2.05) is 24.3 Å². The molecule has 0 atom stereocenters.